The molecular formula is C11H7N3O3. The van der Waals surface area contributed by atoms with E-state index in [2.05, 4.69) is 15.5 Å². The van der Waals surface area contributed by atoms with Crippen LogP contribution in [0, 0.1) is 4.91 Å². The van der Waals surface area contributed by atoms with E-state index in [1.54, 1.807) is 24.4 Å². The number of aldehydes is 1. The van der Waals surface area contributed by atoms with Crippen LogP contribution in [-0.2, 0) is 4.79 Å². The average Bonchev–Trinajstić information content (AvgIpc) is 2.82. The Bertz CT molecular complexity index is 627. The minimum absolute atomic E-state index is 0.213. The summed E-state index contributed by atoms with van der Waals surface area (Å²) in [6.07, 6.45) is 1.44. The normalized spacial score (nSPS) is 17.1. The second-order valence-corrected chi connectivity index (χ2v) is 3.59. The number of carbonyl (C=O) groups is 1. The van der Waals surface area contributed by atoms with E-state index < -0.39 is 6.23 Å². The lowest BCUT2D eigenvalue weighted by atomic mass is 10.1. The van der Waals surface area contributed by atoms with Crippen molar-refractivity contribution < 1.29 is 9.53 Å². The van der Waals surface area contributed by atoms with E-state index in [0.717, 1.165) is 5.39 Å². The molecule has 2 aromatic rings. The second kappa shape index (κ2) is 3.51. The molecule has 3 rings (SSSR count). The van der Waals surface area contributed by atoms with Crippen LogP contribution in [0.1, 0.15) is 0 Å². The Morgan fingerprint density at radius 2 is 2.41 bits per heavy atom. The third-order valence-corrected chi connectivity index (χ3v) is 2.58. The highest BCUT2D eigenvalue weighted by atomic mass is 16.5. The standard InChI is InChI=1S/C11H7N3O3/c15-5-8-13-10-7(14-16)4-6-2-1-3-12-9(6)11(10)17-8/h1-5,8,13H. The molecule has 1 aliphatic heterocycles. The summed E-state index contributed by atoms with van der Waals surface area (Å²) in [5.74, 6) is 0.398. The van der Waals surface area contributed by atoms with E-state index in [0.29, 0.717) is 23.2 Å². The van der Waals surface area contributed by atoms with E-state index in [1.807, 2.05) is 0 Å². The van der Waals surface area contributed by atoms with Crippen molar-refractivity contribution >= 4 is 28.6 Å². The lowest BCUT2D eigenvalue weighted by Crippen LogP contribution is -2.21. The van der Waals surface area contributed by atoms with Gasteiger partial charge >= 0.3 is 0 Å². The van der Waals surface area contributed by atoms with Gasteiger partial charge in [-0.25, -0.2) is 0 Å². The van der Waals surface area contributed by atoms with Crippen molar-refractivity contribution in [1.29, 1.82) is 0 Å². The quantitative estimate of drug-likeness (QED) is 0.628. The number of hydrogen-bond donors (Lipinski definition) is 1. The first-order valence-electron chi connectivity index (χ1n) is 4.97. The number of ether oxygens (including phenoxy) is 1. The van der Waals surface area contributed by atoms with Gasteiger partial charge in [0.25, 0.3) is 0 Å². The molecule has 2 heterocycles. The zero-order valence-electron chi connectivity index (χ0n) is 8.58. The zero-order chi connectivity index (χ0) is 11.8. The van der Waals surface area contributed by atoms with E-state index in [-0.39, 0.29) is 5.69 Å². The van der Waals surface area contributed by atoms with Crippen LogP contribution in [-0.4, -0.2) is 17.5 Å². The third kappa shape index (κ3) is 1.34. The number of rotatable bonds is 2. The number of hydrogen-bond acceptors (Lipinski definition) is 6. The van der Waals surface area contributed by atoms with Crippen molar-refractivity contribution in [2.24, 2.45) is 5.18 Å². The fourth-order valence-electron chi connectivity index (χ4n) is 1.86. The van der Waals surface area contributed by atoms with Gasteiger partial charge in [0.1, 0.15) is 16.9 Å². The second-order valence-electron chi connectivity index (χ2n) is 3.59. The number of fused-ring (bicyclic) bond motifs is 3. The molecule has 1 unspecified atom stereocenters. The number of benzene rings is 1. The summed E-state index contributed by atoms with van der Waals surface area (Å²) in [6.45, 7) is 0. The van der Waals surface area contributed by atoms with Crippen molar-refractivity contribution in [2.75, 3.05) is 5.32 Å². The number of nitrogens with zero attached hydrogens (tertiary/aromatic N) is 2. The Morgan fingerprint density at radius 3 is 3.18 bits per heavy atom. The molecule has 17 heavy (non-hydrogen) atoms. The first-order valence-corrected chi connectivity index (χ1v) is 4.97. The summed E-state index contributed by atoms with van der Waals surface area (Å²) in [4.78, 5) is 25.6. The molecule has 6 nitrogen and oxygen atoms in total. The predicted molar refractivity (Wildman–Crippen MR) is 61.3 cm³/mol. The van der Waals surface area contributed by atoms with Crippen LogP contribution >= 0.6 is 0 Å². The van der Waals surface area contributed by atoms with Gasteiger partial charge in [0.2, 0.25) is 6.23 Å². The fraction of sp³-hybridized carbons (Fsp3) is 0.0909. The van der Waals surface area contributed by atoms with Crippen LogP contribution in [0.15, 0.2) is 29.6 Å². The zero-order valence-corrected chi connectivity index (χ0v) is 8.58. The topological polar surface area (TPSA) is 80.7 Å². The van der Waals surface area contributed by atoms with Crippen molar-refractivity contribution in [3.05, 3.63) is 29.3 Å². The molecule has 0 amide bonds. The summed E-state index contributed by atoms with van der Waals surface area (Å²) in [5.41, 5.74) is 1.24. The molecule has 1 aromatic carbocycles. The highest BCUT2D eigenvalue weighted by molar-refractivity contribution is 5.98. The molecule has 1 atom stereocenters. The van der Waals surface area contributed by atoms with Gasteiger partial charge in [0.05, 0.1) is 0 Å². The third-order valence-electron chi connectivity index (χ3n) is 2.58. The van der Waals surface area contributed by atoms with Crippen LogP contribution in [0.2, 0.25) is 0 Å². The molecule has 0 aliphatic carbocycles. The Labute approximate surface area is 95.6 Å². The lowest BCUT2D eigenvalue weighted by molar-refractivity contribution is -0.112. The Balaban J connectivity index is 2.32. The maximum Gasteiger partial charge on any atom is 0.226 e. The molecule has 6 heteroatoms. The number of nitroso groups, excluding NO2 is 1. The number of aromatic nitrogens is 1. The average molecular weight is 229 g/mol. The number of anilines is 1. The van der Waals surface area contributed by atoms with Gasteiger partial charge in [-0.05, 0) is 17.3 Å². The minimum atomic E-state index is -0.793. The molecule has 0 saturated heterocycles. The highest BCUT2D eigenvalue weighted by Crippen LogP contribution is 2.44. The number of pyridine rings is 1. The van der Waals surface area contributed by atoms with Crippen LogP contribution in [0.3, 0.4) is 0 Å². The summed E-state index contributed by atoms with van der Waals surface area (Å²) < 4.78 is 5.37. The van der Waals surface area contributed by atoms with Gasteiger partial charge in [0, 0.05) is 11.6 Å². The Morgan fingerprint density at radius 1 is 1.53 bits per heavy atom. The van der Waals surface area contributed by atoms with Crippen molar-refractivity contribution in [2.45, 2.75) is 6.23 Å². The highest BCUT2D eigenvalue weighted by Gasteiger charge is 2.27. The van der Waals surface area contributed by atoms with E-state index >= 15 is 0 Å². The SMILES string of the molecule is O=CC1Nc2c(N=O)cc3cccnc3c2O1. The maximum absolute atomic E-state index is 10.8. The molecule has 1 aliphatic rings. The van der Waals surface area contributed by atoms with E-state index in [1.165, 1.54) is 0 Å². The molecular weight excluding hydrogens is 222 g/mol. The van der Waals surface area contributed by atoms with Crippen molar-refractivity contribution in [3.8, 4) is 5.75 Å². The molecule has 0 bridgehead atoms. The summed E-state index contributed by atoms with van der Waals surface area (Å²) >= 11 is 0. The number of nitrogens with one attached hydrogen (secondary N) is 1. The van der Waals surface area contributed by atoms with Crippen LogP contribution in [0.5, 0.6) is 5.75 Å². The Kier molecular flexibility index (Phi) is 2.01. The summed E-state index contributed by atoms with van der Waals surface area (Å²) in [6, 6.07) is 5.16. The predicted octanol–water partition coefficient (Wildman–Crippen LogP) is 1.96. The Hall–Kier alpha value is -2.50. The lowest BCUT2D eigenvalue weighted by Gasteiger charge is -2.03. The monoisotopic (exact) mass is 229 g/mol. The van der Waals surface area contributed by atoms with Crippen molar-refractivity contribution in [1.82, 2.24) is 4.98 Å². The summed E-state index contributed by atoms with van der Waals surface area (Å²) in [5, 5.41) is 6.44. The van der Waals surface area contributed by atoms with Gasteiger partial charge in [-0.15, -0.1) is 4.91 Å². The first kappa shape index (κ1) is 9.71. The minimum Gasteiger partial charge on any atom is -0.459 e. The largest absolute Gasteiger partial charge is 0.459 e. The van der Waals surface area contributed by atoms with E-state index in [4.69, 9.17) is 4.74 Å². The molecule has 84 valence electrons. The molecule has 0 saturated carbocycles. The van der Waals surface area contributed by atoms with Gasteiger partial charge in [-0.2, -0.15) is 0 Å². The molecule has 0 radical (unpaired) electrons. The number of carbonyl (C=O) groups excluding carboxylic acids is 1. The van der Waals surface area contributed by atoms with Crippen LogP contribution in [0.25, 0.3) is 10.9 Å². The maximum atomic E-state index is 10.8. The molecule has 1 aromatic heterocycles. The molecule has 0 spiro atoms. The van der Waals surface area contributed by atoms with Gasteiger partial charge in [-0.3, -0.25) is 9.78 Å². The van der Waals surface area contributed by atoms with Crippen LogP contribution in [0.4, 0.5) is 11.4 Å². The van der Waals surface area contributed by atoms with Gasteiger partial charge < -0.3 is 10.1 Å². The fourth-order valence-corrected chi connectivity index (χ4v) is 1.86. The van der Waals surface area contributed by atoms with Gasteiger partial charge in [-0.1, -0.05) is 6.07 Å². The summed E-state index contributed by atoms with van der Waals surface area (Å²) in [7, 11) is 0. The van der Waals surface area contributed by atoms with Crippen LogP contribution < -0.4 is 10.1 Å². The first-order chi connectivity index (χ1) is 8.33. The van der Waals surface area contributed by atoms with Crippen molar-refractivity contribution in [3.63, 3.8) is 0 Å². The van der Waals surface area contributed by atoms with Gasteiger partial charge in [0.15, 0.2) is 12.0 Å². The van der Waals surface area contributed by atoms with E-state index in [9.17, 15) is 9.70 Å². The molecule has 0 fully saturated rings. The smallest absolute Gasteiger partial charge is 0.226 e. The molecule has 1 N–H and O–H groups in total.